The molecule has 1 aliphatic rings. The molecule has 1 aromatic rings. The second-order valence-electron chi connectivity index (χ2n) is 6.03. The molecule has 0 saturated heterocycles. The van der Waals surface area contributed by atoms with Crippen LogP contribution in [0.1, 0.15) is 51.0 Å². The molecule has 1 fully saturated rings. The second kappa shape index (κ2) is 8.06. The minimum Gasteiger partial charge on any atom is -0.494 e. The van der Waals surface area contributed by atoms with Gasteiger partial charge in [0.2, 0.25) is 0 Å². The summed E-state index contributed by atoms with van der Waals surface area (Å²) in [6, 6.07) is 8.24. The number of hydrogen-bond donors (Lipinski definition) is 1. The Bertz CT molecular complexity index is 438. The molecule has 1 N–H and O–H groups in total. The maximum absolute atomic E-state index is 10.8. The third kappa shape index (κ3) is 5.41. The van der Waals surface area contributed by atoms with Gasteiger partial charge < -0.3 is 9.84 Å². The van der Waals surface area contributed by atoms with Crippen molar-refractivity contribution in [1.29, 1.82) is 0 Å². The summed E-state index contributed by atoms with van der Waals surface area (Å²) in [6.07, 6.45) is 7.68. The second-order valence-corrected chi connectivity index (χ2v) is 6.03. The van der Waals surface area contributed by atoms with Gasteiger partial charge in [-0.15, -0.1) is 0 Å². The first-order chi connectivity index (χ1) is 10.2. The van der Waals surface area contributed by atoms with E-state index in [9.17, 15) is 4.79 Å². The van der Waals surface area contributed by atoms with Crippen LogP contribution in [0.15, 0.2) is 24.3 Å². The molecule has 0 bridgehead atoms. The van der Waals surface area contributed by atoms with Crippen molar-refractivity contribution >= 4 is 5.97 Å². The molecule has 0 radical (unpaired) electrons. The zero-order valence-electron chi connectivity index (χ0n) is 12.9. The van der Waals surface area contributed by atoms with Crippen molar-refractivity contribution in [2.24, 2.45) is 11.8 Å². The number of aryl methyl sites for hydroxylation is 1. The molecule has 1 aliphatic carbocycles. The summed E-state index contributed by atoms with van der Waals surface area (Å²) in [4.78, 5) is 10.8. The van der Waals surface area contributed by atoms with Crippen molar-refractivity contribution in [3.63, 3.8) is 0 Å². The van der Waals surface area contributed by atoms with Gasteiger partial charge >= 0.3 is 5.97 Å². The number of aliphatic carboxylic acids is 1. The molecule has 21 heavy (non-hydrogen) atoms. The van der Waals surface area contributed by atoms with Gasteiger partial charge in [0.1, 0.15) is 5.75 Å². The maximum atomic E-state index is 10.8. The summed E-state index contributed by atoms with van der Waals surface area (Å²) in [6.45, 7) is 3.00. The Morgan fingerprint density at radius 3 is 2.62 bits per heavy atom. The van der Waals surface area contributed by atoms with Gasteiger partial charge in [-0.2, -0.15) is 0 Å². The Kier molecular flexibility index (Phi) is 6.09. The van der Waals surface area contributed by atoms with E-state index >= 15 is 0 Å². The Balaban J connectivity index is 1.64. The number of hydrogen-bond acceptors (Lipinski definition) is 2. The Hall–Kier alpha value is -1.51. The zero-order valence-corrected chi connectivity index (χ0v) is 12.9. The lowest BCUT2D eigenvalue weighted by atomic mass is 10.1. The number of carboxylic acid groups (broad SMARTS) is 1. The highest BCUT2D eigenvalue weighted by molar-refractivity contribution is 5.73. The van der Waals surface area contributed by atoms with E-state index in [1.807, 2.05) is 12.1 Å². The molecule has 0 heterocycles. The average Bonchev–Trinajstić information content (AvgIpc) is 3.26. The fraction of sp³-hybridized carbons (Fsp3) is 0.611. The molecule has 0 amide bonds. The van der Waals surface area contributed by atoms with E-state index in [0.29, 0.717) is 5.92 Å². The molecule has 0 aromatic heterocycles. The molecule has 2 unspecified atom stereocenters. The third-order valence-electron chi connectivity index (χ3n) is 4.23. The molecule has 3 heteroatoms. The van der Waals surface area contributed by atoms with E-state index < -0.39 is 5.97 Å². The van der Waals surface area contributed by atoms with Crippen LogP contribution in [-0.2, 0) is 11.2 Å². The van der Waals surface area contributed by atoms with E-state index in [1.165, 1.54) is 24.8 Å². The Morgan fingerprint density at radius 1 is 1.24 bits per heavy atom. The van der Waals surface area contributed by atoms with Crippen molar-refractivity contribution in [3.8, 4) is 5.75 Å². The number of unbranched alkanes of at least 4 members (excludes halogenated alkanes) is 3. The van der Waals surface area contributed by atoms with Gasteiger partial charge in [-0.1, -0.05) is 38.3 Å². The first-order valence-electron chi connectivity index (χ1n) is 8.15. The molecule has 0 spiro atoms. The molecule has 2 atom stereocenters. The molecule has 1 saturated carbocycles. The smallest absolute Gasteiger partial charge is 0.306 e. The fourth-order valence-corrected chi connectivity index (χ4v) is 2.69. The Morgan fingerprint density at radius 2 is 2.00 bits per heavy atom. The highest BCUT2D eigenvalue weighted by atomic mass is 16.5. The van der Waals surface area contributed by atoms with Crippen molar-refractivity contribution in [2.75, 3.05) is 6.61 Å². The quantitative estimate of drug-likeness (QED) is 0.653. The molecular weight excluding hydrogens is 264 g/mol. The molecule has 3 nitrogen and oxygen atoms in total. The fourth-order valence-electron chi connectivity index (χ4n) is 2.69. The molecule has 1 aromatic carbocycles. The monoisotopic (exact) mass is 290 g/mol. The third-order valence-corrected chi connectivity index (χ3v) is 4.23. The number of rotatable bonds is 10. The van der Waals surface area contributed by atoms with Gasteiger partial charge in [-0.3, -0.25) is 4.79 Å². The van der Waals surface area contributed by atoms with E-state index in [2.05, 4.69) is 19.1 Å². The van der Waals surface area contributed by atoms with E-state index in [-0.39, 0.29) is 5.92 Å². The highest BCUT2D eigenvalue weighted by Gasteiger charge is 2.42. The summed E-state index contributed by atoms with van der Waals surface area (Å²) in [5.41, 5.74) is 1.27. The van der Waals surface area contributed by atoms with Crippen LogP contribution in [0.5, 0.6) is 5.75 Å². The van der Waals surface area contributed by atoms with Crippen LogP contribution in [-0.4, -0.2) is 17.7 Å². The lowest BCUT2D eigenvalue weighted by molar-refractivity contribution is -0.138. The number of carboxylic acids is 1. The van der Waals surface area contributed by atoms with E-state index in [4.69, 9.17) is 9.84 Å². The minimum absolute atomic E-state index is 0.0873. The van der Waals surface area contributed by atoms with Gasteiger partial charge in [0.25, 0.3) is 0 Å². The van der Waals surface area contributed by atoms with Crippen LogP contribution in [0.4, 0.5) is 0 Å². The standard InChI is InChI=1S/C18H26O3/c1-2-3-4-5-12-21-16-10-7-14(8-11-16)6-9-15-13-17(15)18(19)20/h7-8,10-11,15,17H,2-6,9,12-13H2,1H3,(H,19,20). The van der Waals surface area contributed by atoms with Crippen molar-refractivity contribution in [2.45, 2.75) is 51.9 Å². The normalized spacial score (nSPS) is 20.2. The molecule has 116 valence electrons. The van der Waals surface area contributed by atoms with Crippen LogP contribution >= 0.6 is 0 Å². The topological polar surface area (TPSA) is 46.5 Å². The van der Waals surface area contributed by atoms with Crippen LogP contribution < -0.4 is 4.74 Å². The molecule has 2 rings (SSSR count). The lowest BCUT2D eigenvalue weighted by Crippen LogP contribution is -2.00. The van der Waals surface area contributed by atoms with Gasteiger partial charge in [0, 0.05) is 0 Å². The predicted molar refractivity (Wildman–Crippen MR) is 83.6 cm³/mol. The van der Waals surface area contributed by atoms with Crippen molar-refractivity contribution in [1.82, 2.24) is 0 Å². The summed E-state index contributed by atoms with van der Waals surface area (Å²) in [5.74, 6) is 0.602. The summed E-state index contributed by atoms with van der Waals surface area (Å²) in [5, 5.41) is 8.88. The lowest BCUT2D eigenvalue weighted by Gasteiger charge is -2.07. The van der Waals surface area contributed by atoms with Gasteiger partial charge in [-0.05, 0) is 49.3 Å². The first kappa shape index (κ1) is 15.9. The predicted octanol–water partition coefficient (Wildman–Crippen LogP) is 4.30. The van der Waals surface area contributed by atoms with E-state index in [0.717, 1.165) is 38.0 Å². The minimum atomic E-state index is -0.633. The van der Waals surface area contributed by atoms with E-state index in [1.54, 1.807) is 0 Å². The summed E-state index contributed by atoms with van der Waals surface area (Å²) >= 11 is 0. The summed E-state index contributed by atoms with van der Waals surface area (Å²) in [7, 11) is 0. The first-order valence-corrected chi connectivity index (χ1v) is 8.15. The molecular formula is C18H26O3. The van der Waals surface area contributed by atoms with Crippen LogP contribution in [0.25, 0.3) is 0 Å². The Labute approximate surface area is 127 Å². The maximum Gasteiger partial charge on any atom is 0.306 e. The number of ether oxygens (including phenoxy) is 1. The SMILES string of the molecule is CCCCCCOc1ccc(CCC2CC2C(=O)O)cc1. The van der Waals surface area contributed by atoms with Crippen molar-refractivity contribution < 1.29 is 14.6 Å². The van der Waals surface area contributed by atoms with Gasteiger partial charge in [-0.25, -0.2) is 0 Å². The van der Waals surface area contributed by atoms with Crippen LogP contribution in [0, 0.1) is 11.8 Å². The van der Waals surface area contributed by atoms with Crippen molar-refractivity contribution in [3.05, 3.63) is 29.8 Å². The number of benzene rings is 1. The zero-order chi connectivity index (χ0) is 15.1. The average molecular weight is 290 g/mol. The van der Waals surface area contributed by atoms with Gasteiger partial charge in [0.05, 0.1) is 12.5 Å². The number of carbonyl (C=O) groups is 1. The molecule has 0 aliphatic heterocycles. The highest BCUT2D eigenvalue weighted by Crippen LogP contribution is 2.42. The van der Waals surface area contributed by atoms with Crippen LogP contribution in [0.3, 0.4) is 0 Å². The largest absolute Gasteiger partial charge is 0.494 e. The summed E-state index contributed by atoms with van der Waals surface area (Å²) < 4.78 is 5.72. The van der Waals surface area contributed by atoms with Crippen LogP contribution in [0.2, 0.25) is 0 Å². The van der Waals surface area contributed by atoms with Gasteiger partial charge in [0.15, 0.2) is 0 Å².